The molecule has 0 bridgehead atoms. The van der Waals surface area contributed by atoms with Crippen LogP contribution in [0.4, 0.5) is 4.39 Å². The predicted molar refractivity (Wildman–Crippen MR) is 76.4 cm³/mol. The molecule has 2 rings (SSSR count). The summed E-state index contributed by atoms with van der Waals surface area (Å²) in [5.41, 5.74) is 1.01. The normalized spacial score (nSPS) is 19.1. The molecule has 0 amide bonds. The van der Waals surface area contributed by atoms with E-state index in [4.69, 9.17) is 0 Å². The van der Waals surface area contributed by atoms with Crippen LogP contribution in [0.5, 0.6) is 0 Å². The first-order valence-electron chi connectivity index (χ1n) is 7.65. The minimum absolute atomic E-state index is 0.227. The molecule has 2 nitrogen and oxygen atoms in total. The Bertz CT molecular complexity index is 373. The van der Waals surface area contributed by atoms with Crippen LogP contribution in [0.1, 0.15) is 63.5 Å². The molecule has 0 radical (unpaired) electrons. The van der Waals surface area contributed by atoms with Crippen molar-refractivity contribution < 1.29 is 4.39 Å². The first-order valence-corrected chi connectivity index (χ1v) is 7.65. The summed E-state index contributed by atoms with van der Waals surface area (Å²) in [4.78, 5) is 4.02. The molecule has 1 aliphatic carbocycles. The van der Waals surface area contributed by atoms with Gasteiger partial charge in [-0.25, -0.2) is 4.39 Å². The van der Waals surface area contributed by atoms with E-state index in [2.05, 4.69) is 17.2 Å². The van der Waals surface area contributed by atoms with Gasteiger partial charge in [-0.2, -0.15) is 0 Å². The van der Waals surface area contributed by atoms with Crippen molar-refractivity contribution in [2.75, 3.05) is 6.54 Å². The Kier molecular flexibility index (Phi) is 5.77. The highest BCUT2D eigenvalue weighted by molar-refractivity contribution is 5.16. The monoisotopic (exact) mass is 264 g/mol. The SMILES string of the molecule is CCCNC(c1cncc(F)c1)C1CCCCCC1. The maximum atomic E-state index is 13.4. The second kappa shape index (κ2) is 7.59. The van der Waals surface area contributed by atoms with Crippen LogP contribution in [0.2, 0.25) is 0 Å². The summed E-state index contributed by atoms with van der Waals surface area (Å²) in [5.74, 6) is 0.395. The van der Waals surface area contributed by atoms with Crippen LogP contribution in [-0.2, 0) is 0 Å². The highest BCUT2D eigenvalue weighted by Crippen LogP contribution is 2.33. The molecule has 1 aliphatic rings. The molecule has 0 aliphatic heterocycles. The summed E-state index contributed by atoms with van der Waals surface area (Å²) in [5, 5.41) is 3.60. The van der Waals surface area contributed by atoms with E-state index < -0.39 is 0 Å². The fourth-order valence-electron chi connectivity index (χ4n) is 3.10. The Hall–Kier alpha value is -0.960. The molecule has 1 saturated carbocycles. The first-order chi connectivity index (χ1) is 9.31. The van der Waals surface area contributed by atoms with Gasteiger partial charge in [0.05, 0.1) is 6.20 Å². The Labute approximate surface area is 115 Å². The van der Waals surface area contributed by atoms with E-state index in [1.165, 1.54) is 44.7 Å². The minimum atomic E-state index is -0.227. The second-order valence-corrected chi connectivity index (χ2v) is 5.62. The van der Waals surface area contributed by atoms with Gasteiger partial charge in [0.15, 0.2) is 0 Å². The van der Waals surface area contributed by atoms with Gasteiger partial charge >= 0.3 is 0 Å². The molecule has 106 valence electrons. The molecule has 3 heteroatoms. The molecule has 0 aromatic carbocycles. The van der Waals surface area contributed by atoms with Crippen LogP contribution in [0.15, 0.2) is 18.5 Å². The molecule has 1 aromatic rings. The van der Waals surface area contributed by atoms with Crippen molar-refractivity contribution in [1.29, 1.82) is 0 Å². The van der Waals surface area contributed by atoms with E-state index >= 15 is 0 Å². The summed E-state index contributed by atoms with van der Waals surface area (Å²) >= 11 is 0. The van der Waals surface area contributed by atoms with Gasteiger partial charge in [-0.05, 0) is 43.4 Å². The van der Waals surface area contributed by atoms with Crippen LogP contribution in [-0.4, -0.2) is 11.5 Å². The topological polar surface area (TPSA) is 24.9 Å². The highest BCUT2D eigenvalue weighted by Gasteiger charge is 2.24. The van der Waals surface area contributed by atoms with Gasteiger partial charge in [-0.1, -0.05) is 32.6 Å². The lowest BCUT2D eigenvalue weighted by molar-refractivity contribution is 0.324. The Morgan fingerprint density at radius 1 is 1.26 bits per heavy atom. The number of hydrogen-bond donors (Lipinski definition) is 1. The van der Waals surface area contributed by atoms with Crippen LogP contribution >= 0.6 is 0 Å². The van der Waals surface area contributed by atoms with Crippen molar-refractivity contribution in [3.63, 3.8) is 0 Å². The van der Waals surface area contributed by atoms with Crippen molar-refractivity contribution >= 4 is 0 Å². The van der Waals surface area contributed by atoms with Crippen molar-refractivity contribution in [2.24, 2.45) is 5.92 Å². The third-order valence-electron chi connectivity index (χ3n) is 4.07. The number of hydrogen-bond acceptors (Lipinski definition) is 2. The lowest BCUT2D eigenvalue weighted by Gasteiger charge is -2.27. The molecule has 1 heterocycles. The van der Waals surface area contributed by atoms with E-state index in [1.54, 1.807) is 6.07 Å². The third kappa shape index (κ3) is 4.27. The molecule has 1 atom stereocenters. The van der Waals surface area contributed by atoms with Crippen LogP contribution in [0, 0.1) is 11.7 Å². The van der Waals surface area contributed by atoms with Crippen molar-refractivity contribution in [2.45, 2.75) is 57.9 Å². The summed E-state index contributed by atoms with van der Waals surface area (Å²) in [6.07, 6.45) is 12.0. The van der Waals surface area contributed by atoms with Gasteiger partial charge in [0.1, 0.15) is 5.82 Å². The van der Waals surface area contributed by atoms with Gasteiger partial charge < -0.3 is 5.32 Å². The zero-order valence-electron chi connectivity index (χ0n) is 11.9. The minimum Gasteiger partial charge on any atom is -0.310 e. The predicted octanol–water partition coefficient (Wildman–Crippen LogP) is 4.23. The first kappa shape index (κ1) is 14.4. The number of rotatable bonds is 5. The van der Waals surface area contributed by atoms with E-state index in [0.717, 1.165) is 18.5 Å². The van der Waals surface area contributed by atoms with Gasteiger partial charge in [-0.15, -0.1) is 0 Å². The zero-order chi connectivity index (χ0) is 13.5. The Morgan fingerprint density at radius 3 is 2.63 bits per heavy atom. The number of nitrogens with one attached hydrogen (secondary N) is 1. The number of halogens is 1. The Balaban J connectivity index is 2.13. The third-order valence-corrected chi connectivity index (χ3v) is 4.07. The lowest BCUT2D eigenvalue weighted by Crippen LogP contribution is -2.29. The standard InChI is InChI=1S/C16H25FN2/c1-2-9-19-16(13-7-5-3-4-6-8-13)14-10-15(17)12-18-11-14/h10-13,16,19H,2-9H2,1H3. The van der Waals surface area contributed by atoms with Gasteiger partial charge in [0.25, 0.3) is 0 Å². The zero-order valence-corrected chi connectivity index (χ0v) is 11.9. The van der Waals surface area contributed by atoms with E-state index in [1.807, 2.05) is 6.20 Å². The van der Waals surface area contributed by atoms with Crippen LogP contribution in [0.25, 0.3) is 0 Å². The van der Waals surface area contributed by atoms with E-state index in [9.17, 15) is 4.39 Å². The maximum Gasteiger partial charge on any atom is 0.141 e. The summed E-state index contributed by atoms with van der Waals surface area (Å²) in [6, 6.07) is 1.91. The van der Waals surface area contributed by atoms with Gasteiger partial charge in [0, 0.05) is 12.2 Å². The van der Waals surface area contributed by atoms with Crippen LogP contribution in [0.3, 0.4) is 0 Å². The Morgan fingerprint density at radius 2 is 2.00 bits per heavy atom. The quantitative estimate of drug-likeness (QED) is 0.805. The summed E-state index contributed by atoms with van der Waals surface area (Å²) in [7, 11) is 0. The van der Waals surface area contributed by atoms with Gasteiger partial charge in [0.2, 0.25) is 0 Å². The number of nitrogens with zero attached hydrogens (tertiary/aromatic N) is 1. The fraction of sp³-hybridized carbons (Fsp3) is 0.688. The molecule has 1 fully saturated rings. The van der Waals surface area contributed by atoms with Crippen molar-refractivity contribution in [3.05, 3.63) is 29.8 Å². The average Bonchev–Trinajstić information content (AvgIpc) is 2.68. The van der Waals surface area contributed by atoms with Crippen molar-refractivity contribution in [3.8, 4) is 0 Å². The molecular formula is C16H25FN2. The van der Waals surface area contributed by atoms with Crippen LogP contribution < -0.4 is 5.32 Å². The fourth-order valence-corrected chi connectivity index (χ4v) is 3.10. The lowest BCUT2D eigenvalue weighted by atomic mass is 9.87. The molecular weight excluding hydrogens is 239 g/mol. The van der Waals surface area contributed by atoms with E-state index in [-0.39, 0.29) is 11.9 Å². The van der Waals surface area contributed by atoms with E-state index in [0.29, 0.717) is 5.92 Å². The molecule has 19 heavy (non-hydrogen) atoms. The summed E-state index contributed by atoms with van der Waals surface area (Å²) in [6.45, 7) is 3.15. The van der Waals surface area contributed by atoms with Crippen molar-refractivity contribution in [1.82, 2.24) is 10.3 Å². The average molecular weight is 264 g/mol. The number of aromatic nitrogens is 1. The molecule has 0 spiro atoms. The largest absolute Gasteiger partial charge is 0.310 e. The smallest absolute Gasteiger partial charge is 0.141 e. The molecule has 1 unspecified atom stereocenters. The van der Waals surface area contributed by atoms with Gasteiger partial charge in [-0.3, -0.25) is 4.98 Å². The molecule has 1 aromatic heterocycles. The molecule has 0 saturated heterocycles. The second-order valence-electron chi connectivity index (χ2n) is 5.62. The molecule has 1 N–H and O–H groups in total. The maximum absolute atomic E-state index is 13.4. The highest BCUT2D eigenvalue weighted by atomic mass is 19.1. The number of pyridine rings is 1. The summed E-state index contributed by atoms with van der Waals surface area (Å²) < 4.78 is 13.4.